The van der Waals surface area contributed by atoms with Crippen LogP contribution in [-0.4, -0.2) is 60.0 Å². The summed E-state index contributed by atoms with van der Waals surface area (Å²) in [6.07, 6.45) is 8.59. The zero-order valence-corrected chi connectivity index (χ0v) is 14.7. The molecule has 134 valence electrons. The zero-order valence-electron chi connectivity index (χ0n) is 14.7. The highest BCUT2D eigenvalue weighted by atomic mass is 16.5. The lowest BCUT2D eigenvalue weighted by molar-refractivity contribution is -0.121. The molecule has 24 heavy (non-hydrogen) atoms. The molecule has 1 aromatic rings. The van der Waals surface area contributed by atoms with Gasteiger partial charge in [-0.2, -0.15) is 0 Å². The normalized spacial score (nSPS) is 10.4. The molecule has 1 N–H and O–H groups in total. The van der Waals surface area contributed by atoms with Gasteiger partial charge in [0.15, 0.2) is 0 Å². The number of carbonyl (C=O) groups excluding carboxylic acids is 2. The standard InChI is InChI=1S/C17H28N4O3/c1-3-4-5-11-21(17(23)15-14-18-9-10-19-15)12-7-16(22)20-8-6-13-24-2/h9-10,14H,3-8,11-13H2,1-2H3,(H,20,22). The number of aromatic nitrogens is 2. The highest BCUT2D eigenvalue weighted by molar-refractivity contribution is 5.92. The van der Waals surface area contributed by atoms with Crippen LogP contribution >= 0.6 is 0 Å². The molecule has 0 unspecified atom stereocenters. The highest BCUT2D eigenvalue weighted by Crippen LogP contribution is 2.05. The van der Waals surface area contributed by atoms with Gasteiger partial charge in [-0.1, -0.05) is 19.8 Å². The first-order chi connectivity index (χ1) is 11.7. The Hall–Kier alpha value is -2.02. The van der Waals surface area contributed by atoms with Gasteiger partial charge in [-0.3, -0.25) is 14.6 Å². The molecule has 0 aliphatic rings. The van der Waals surface area contributed by atoms with Crippen molar-refractivity contribution in [3.63, 3.8) is 0 Å². The van der Waals surface area contributed by atoms with E-state index in [-0.39, 0.29) is 18.2 Å². The average molecular weight is 336 g/mol. The van der Waals surface area contributed by atoms with E-state index < -0.39 is 0 Å². The fraction of sp³-hybridized carbons (Fsp3) is 0.647. The molecule has 0 aromatic carbocycles. The summed E-state index contributed by atoms with van der Waals surface area (Å²) >= 11 is 0. The van der Waals surface area contributed by atoms with Crippen molar-refractivity contribution in [3.8, 4) is 0 Å². The maximum atomic E-state index is 12.5. The highest BCUT2D eigenvalue weighted by Gasteiger charge is 2.17. The topological polar surface area (TPSA) is 84.4 Å². The first-order valence-corrected chi connectivity index (χ1v) is 8.50. The van der Waals surface area contributed by atoms with Crippen LogP contribution in [0.4, 0.5) is 0 Å². The van der Waals surface area contributed by atoms with Crippen molar-refractivity contribution < 1.29 is 14.3 Å². The molecule has 7 nitrogen and oxygen atoms in total. The Morgan fingerprint density at radius 3 is 2.71 bits per heavy atom. The Morgan fingerprint density at radius 2 is 2.04 bits per heavy atom. The van der Waals surface area contributed by atoms with Gasteiger partial charge in [-0.15, -0.1) is 0 Å². The smallest absolute Gasteiger partial charge is 0.274 e. The lowest BCUT2D eigenvalue weighted by atomic mass is 10.2. The van der Waals surface area contributed by atoms with E-state index in [2.05, 4.69) is 22.2 Å². The number of methoxy groups -OCH3 is 1. The van der Waals surface area contributed by atoms with Gasteiger partial charge in [0.1, 0.15) is 5.69 Å². The zero-order chi connectivity index (χ0) is 17.6. The van der Waals surface area contributed by atoms with Crippen LogP contribution in [0.15, 0.2) is 18.6 Å². The Balaban J connectivity index is 2.49. The van der Waals surface area contributed by atoms with Gasteiger partial charge in [0.25, 0.3) is 5.91 Å². The predicted molar refractivity (Wildman–Crippen MR) is 91.6 cm³/mol. The molecule has 0 saturated heterocycles. The predicted octanol–water partition coefficient (Wildman–Crippen LogP) is 1.65. The number of hydrogen-bond acceptors (Lipinski definition) is 5. The van der Waals surface area contributed by atoms with Crippen LogP contribution in [-0.2, 0) is 9.53 Å². The molecule has 0 bridgehead atoms. The van der Waals surface area contributed by atoms with Crippen molar-refractivity contribution in [2.24, 2.45) is 0 Å². The van der Waals surface area contributed by atoms with E-state index in [0.29, 0.717) is 31.9 Å². The van der Waals surface area contributed by atoms with Gasteiger partial charge in [-0.05, 0) is 12.8 Å². The maximum absolute atomic E-state index is 12.5. The van der Waals surface area contributed by atoms with Crippen molar-refractivity contribution in [3.05, 3.63) is 24.3 Å². The van der Waals surface area contributed by atoms with Crippen molar-refractivity contribution in [2.75, 3.05) is 33.4 Å². The van der Waals surface area contributed by atoms with Crippen LogP contribution in [0.25, 0.3) is 0 Å². The average Bonchev–Trinajstić information content (AvgIpc) is 2.62. The summed E-state index contributed by atoms with van der Waals surface area (Å²) in [5, 5.41) is 2.83. The number of carbonyl (C=O) groups is 2. The van der Waals surface area contributed by atoms with Crippen LogP contribution in [0.2, 0.25) is 0 Å². The third kappa shape index (κ3) is 8.01. The minimum Gasteiger partial charge on any atom is -0.385 e. The van der Waals surface area contributed by atoms with Crippen LogP contribution in [0.5, 0.6) is 0 Å². The second kappa shape index (κ2) is 12.4. The van der Waals surface area contributed by atoms with Crippen LogP contribution < -0.4 is 5.32 Å². The third-order valence-electron chi connectivity index (χ3n) is 3.56. The van der Waals surface area contributed by atoms with Crippen LogP contribution in [0.1, 0.15) is 49.5 Å². The number of rotatable bonds is 12. The Kier molecular flexibility index (Phi) is 10.4. The molecule has 7 heteroatoms. The van der Waals surface area contributed by atoms with E-state index in [9.17, 15) is 9.59 Å². The monoisotopic (exact) mass is 336 g/mol. The Morgan fingerprint density at radius 1 is 1.21 bits per heavy atom. The molecular formula is C17H28N4O3. The van der Waals surface area contributed by atoms with Crippen molar-refractivity contribution >= 4 is 11.8 Å². The molecular weight excluding hydrogens is 308 g/mol. The van der Waals surface area contributed by atoms with Crippen LogP contribution in [0, 0.1) is 0 Å². The van der Waals surface area contributed by atoms with E-state index in [1.165, 1.54) is 18.6 Å². The maximum Gasteiger partial charge on any atom is 0.274 e. The quantitative estimate of drug-likeness (QED) is 0.587. The van der Waals surface area contributed by atoms with E-state index in [0.717, 1.165) is 25.7 Å². The summed E-state index contributed by atoms with van der Waals surface area (Å²) in [7, 11) is 1.63. The van der Waals surface area contributed by atoms with Gasteiger partial charge in [-0.25, -0.2) is 4.98 Å². The number of unbranched alkanes of at least 4 members (excludes halogenated alkanes) is 2. The van der Waals surface area contributed by atoms with E-state index in [1.54, 1.807) is 12.0 Å². The summed E-state index contributed by atoms with van der Waals surface area (Å²) in [4.78, 5) is 34.1. The molecule has 0 aliphatic carbocycles. The summed E-state index contributed by atoms with van der Waals surface area (Å²) in [6, 6.07) is 0. The van der Waals surface area contributed by atoms with E-state index >= 15 is 0 Å². The summed E-state index contributed by atoms with van der Waals surface area (Å²) < 4.78 is 4.94. The van der Waals surface area contributed by atoms with Gasteiger partial charge < -0.3 is 15.0 Å². The van der Waals surface area contributed by atoms with Gasteiger partial charge in [0.05, 0.1) is 6.20 Å². The lowest BCUT2D eigenvalue weighted by Crippen LogP contribution is -2.36. The number of hydrogen-bond donors (Lipinski definition) is 1. The van der Waals surface area contributed by atoms with Gasteiger partial charge in [0.2, 0.25) is 5.91 Å². The molecule has 2 amide bonds. The van der Waals surface area contributed by atoms with Crippen molar-refractivity contribution in [2.45, 2.75) is 39.0 Å². The SMILES string of the molecule is CCCCCN(CCC(=O)NCCCOC)C(=O)c1cnccn1. The largest absolute Gasteiger partial charge is 0.385 e. The fourth-order valence-corrected chi connectivity index (χ4v) is 2.21. The molecule has 0 aliphatic heterocycles. The Labute approximate surface area is 143 Å². The molecule has 0 radical (unpaired) electrons. The Bertz CT molecular complexity index is 482. The fourth-order valence-electron chi connectivity index (χ4n) is 2.21. The third-order valence-corrected chi connectivity index (χ3v) is 3.56. The summed E-state index contributed by atoms with van der Waals surface area (Å²) in [6.45, 7) is 4.33. The first kappa shape index (κ1) is 20.0. The first-order valence-electron chi connectivity index (χ1n) is 8.50. The molecule has 0 atom stereocenters. The summed E-state index contributed by atoms with van der Waals surface area (Å²) in [5.74, 6) is -0.232. The molecule has 1 aromatic heterocycles. The molecule has 1 rings (SSSR count). The number of ether oxygens (including phenoxy) is 1. The van der Waals surface area contributed by atoms with E-state index in [1.807, 2.05) is 0 Å². The van der Waals surface area contributed by atoms with E-state index in [4.69, 9.17) is 4.74 Å². The second-order valence-corrected chi connectivity index (χ2v) is 5.54. The molecule has 0 spiro atoms. The lowest BCUT2D eigenvalue weighted by Gasteiger charge is -2.22. The number of nitrogens with zero attached hydrogens (tertiary/aromatic N) is 3. The number of amides is 2. The van der Waals surface area contributed by atoms with Crippen LogP contribution in [0.3, 0.4) is 0 Å². The van der Waals surface area contributed by atoms with Gasteiger partial charge in [0, 0.05) is 52.2 Å². The minimum absolute atomic E-state index is 0.0569. The molecule has 1 heterocycles. The molecule has 0 saturated carbocycles. The van der Waals surface area contributed by atoms with Crippen molar-refractivity contribution in [1.82, 2.24) is 20.2 Å². The minimum atomic E-state index is -0.175. The molecule has 0 fully saturated rings. The van der Waals surface area contributed by atoms with Crippen molar-refractivity contribution in [1.29, 1.82) is 0 Å². The summed E-state index contributed by atoms with van der Waals surface area (Å²) in [5.41, 5.74) is 0.314. The second-order valence-electron chi connectivity index (χ2n) is 5.54. The number of nitrogens with one attached hydrogen (secondary N) is 1. The van der Waals surface area contributed by atoms with Gasteiger partial charge >= 0.3 is 0 Å².